The molecule has 0 aliphatic heterocycles. The largest absolute Gasteiger partial charge is 0.330 e. The van der Waals surface area contributed by atoms with Crippen LogP contribution in [0, 0.1) is 5.92 Å². The fraction of sp³-hybridized carbons (Fsp3) is 0.571. The van der Waals surface area contributed by atoms with Gasteiger partial charge in [0.1, 0.15) is 0 Å². The fourth-order valence-corrected chi connectivity index (χ4v) is 1.63. The topological polar surface area (TPSA) is 26.0 Å². The van der Waals surface area contributed by atoms with E-state index < -0.39 is 0 Å². The van der Waals surface area contributed by atoms with Gasteiger partial charge >= 0.3 is 0 Å². The second-order valence-corrected chi connectivity index (χ2v) is 5.49. The minimum absolute atomic E-state index is 0.248. The molecule has 0 heterocycles. The van der Waals surface area contributed by atoms with Crippen molar-refractivity contribution in [1.82, 2.24) is 0 Å². The molecule has 0 unspecified atom stereocenters. The molecule has 1 aromatic carbocycles. The molecule has 0 aliphatic rings. The van der Waals surface area contributed by atoms with Crippen molar-refractivity contribution in [1.29, 1.82) is 0 Å². The quantitative estimate of drug-likeness (QED) is 0.806. The molecule has 1 heteroatoms. The summed E-state index contributed by atoms with van der Waals surface area (Å²) in [6.07, 6.45) is 1.08. The monoisotopic (exact) mass is 205 g/mol. The summed E-state index contributed by atoms with van der Waals surface area (Å²) in [5, 5.41) is 0. The maximum absolute atomic E-state index is 5.62. The van der Waals surface area contributed by atoms with Gasteiger partial charge in [0.2, 0.25) is 0 Å². The van der Waals surface area contributed by atoms with Crippen LogP contribution in [0.5, 0.6) is 0 Å². The molecular formula is C14H23N. The van der Waals surface area contributed by atoms with Crippen molar-refractivity contribution in [2.75, 3.05) is 6.54 Å². The predicted molar refractivity (Wildman–Crippen MR) is 67.1 cm³/mol. The molecule has 0 aliphatic carbocycles. The van der Waals surface area contributed by atoms with Crippen LogP contribution < -0.4 is 5.73 Å². The van der Waals surface area contributed by atoms with E-state index in [2.05, 4.69) is 52.0 Å². The first-order valence-electron chi connectivity index (χ1n) is 5.73. The normalized spacial score (nSPS) is 13.9. The van der Waals surface area contributed by atoms with Crippen molar-refractivity contribution in [3.05, 3.63) is 35.4 Å². The van der Waals surface area contributed by atoms with Crippen molar-refractivity contribution < 1.29 is 0 Å². The van der Waals surface area contributed by atoms with Crippen LogP contribution in [0.25, 0.3) is 0 Å². The third-order valence-corrected chi connectivity index (χ3v) is 2.81. The number of hydrogen-bond acceptors (Lipinski definition) is 1. The zero-order valence-corrected chi connectivity index (χ0v) is 10.4. The average Bonchev–Trinajstić information content (AvgIpc) is 2.17. The number of benzene rings is 1. The zero-order chi connectivity index (χ0) is 11.5. The van der Waals surface area contributed by atoms with Gasteiger partial charge in [-0.05, 0) is 35.4 Å². The molecule has 15 heavy (non-hydrogen) atoms. The summed E-state index contributed by atoms with van der Waals surface area (Å²) in [6, 6.07) is 8.93. The Hall–Kier alpha value is -0.820. The second-order valence-electron chi connectivity index (χ2n) is 5.49. The van der Waals surface area contributed by atoms with E-state index in [1.165, 1.54) is 11.1 Å². The van der Waals surface area contributed by atoms with Gasteiger partial charge in [0, 0.05) is 0 Å². The molecule has 0 bridgehead atoms. The van der Waals surface area contributed by atoms with Gasteiger partial charge in [-0.15, -0.1) is 0 Å². The molecule has 1 rings (SSSR count). The lowest BCUT2D eigenvalue weighted by molar-refractivity contribution is 0.583. The summed E-state index contributed by atoms with van der Waals surface area (Å²) < 4.78 is 0. The summed E-state index contributed by atoms with van der Waals surface area (Å²) in [5.41, 5.74) is 8.65. The van der Waals surface area contributed by atoms with Crippen molar-refractivity contribution in [2.24, 2.45) is 11.7 Å². The first kappa shape index (κ1) is 12.3. The van der Waals surface area contributed by atoms with Crippen LogP contribution in [0.3, 0.4) is 0 Å². The Labute approximate surface area is 93.7 Å². The van der Waals surface area contributed by atoms with Gasteiger partial charge in [-0.1, -0.05) is 52.0 Å². The molecular weight excluding hydrogens is 182 g/mol. The van der Waals surface area contributed by atoms with Crippen molar-refractivity contribution in [2.45, 2.75) is 39.5 Å². The summed E-state index contributed by atoms with van der Waals surface area (Å²) in [7, 11) is 0. The Kier molecular flexibility index (Phi) is 3.92. The summed E-state index contributed by atoms with van der Waals surface area (Å²) >= 11 is 0. The lowest BCUT2D eigenvalue weighted by Gasteiger charge is -2.19. The van der Waals surface area contributed by atoms with Gasteiger partial charge in [-0.3, -0.25) is 0 Å². The Morgan fingerprint density at radius 3 is 2.07 bits per heavy atom. The highest BCUT2D eigenvalue weighted by Crippen LogP contribution is 2.22. The molecule has 0 radical (unpaired) electrons. The number of rotatable bonds is 3. The molecule has 0 aromatic heterocycles. The molecule has 0 fully saturated rings. The maximum Gasteiger partial charge on any atom is -0.00483 e. The molecule has 1 aromatic rings. The highest BCUT2D eigenvalue weighted by molar-refractivity contribution is 5.27. The average molecular weight is 205 g/mol. The smallest absolute Gasteiger partial charge is 0.00483 e. The van der Waals surface area contributed by atoms with Crippen LogP contribution in [0.15, 0.2) is 24.3 Å². The van der Waals surface area contributed by atoms with E-state index in [0.29, 0.717) is 5.92 Å². The fourth-order valence-electron chi connectivity index (χ4n) is 1.63. The molecule has 0 saturated heterocycles. The molecule has 0 spiro atoms. The summed E-state index contributed by atoms with van der Waals surface area (Å²) in [6.45, 7) is 9.68. The van der Waals surface area contributed by atoms with E-state index in [4.69, 9.17) is 5.73 Å². The Morgan fingerprint density at radius 1 is 1.13 bits per heavy atom. The molecule has 0 saturated carbocycles. The lowest BCUT2D eigenvalue weighted by atomic mass is 9.86. The van der Waals surface area contributed by atoms with Crippen LogP contribution in [0.1, 0.15) is 38.8 Å². The summed E-state index contributed by atoms with van der Waals surface area (Å²) in [4.78, 5) is 0. The van der Waals surface area contributed by atoms with Crippen LogP contribution in [-0.4, -0.2) is 6.54 Å². The predicted octanol–water partition coefficient (Wildman–Crippen LogP) is 3.12. The first-order valence-corrected chi connectivity index (χ1v) is 5.73. The van der Waals surface area contributed by atoms with Crippen molar-refractivity contribution in [3.8, 4) is 0 Å². The van der Waals surface area contributed by atoms with E-state index in [1.54, 1.807) is 0 Å². The highest BCUT2D eigenvalue weighted by Gasteiger charge is 2.12. The minimum atomic E-state index is 0.248. The van der Waals surface area contributed by atoms with Crippen molar-refractivity contribution in [3.63, 3.8) is 0 Å². The third kappa shape index (κ3) is 3.67. The SMILES string of the molecule is C[C@H](CN)Cc1ccc(C(C)(C)C)cc1. The molecule has 0 amide bonds. The standard InChI is InChI=1S/C14H23N/c1-11(10-15)9-12-5-7-13(8-6-12)14(2,3)4/h5-8,11H,9-10,15H2,1-4H3/t11-/m0/s1. The van der Waals surface area contributed by atoms with Crippen LogP contribution in [-0.2, 0) is 11.8 Å². The highest BCUT2D eigenvalue weighted by atomic mass is 14.5. The van der Waals surface area contributed by atoms with E-state index in [0.717, 1.165) is 13.0 Å². The van der Waals surface area contributed by atoms with Crippen LogP contribution in [0.4, 0.5) is 0 Å². The van der Waals surface area contributed by atoms with Crippen LogP contribution >= 0.6 is 0 Å². The van der Waals surface area contributed by atoms with E-state index >= 15 is 0 Å². The second kappa shape index (κ2) is 4.80. The third-order valence-electron chi connectivity index (χ3n) is 2.81. The number of hydrogen-bond donors (Lipinski definition) is 1. The minimum Gasteiger partial charge on any atom is -0.330 e. The maximum atomic E-state index is 5.62. The van der Waals surface area contributed by atoms with Crippen LogP contribution in [0.2, 0.25) is 0 Å². The Morgan fingerprint density at radius 2 is 1.67 bits per heavy atom. The van der Waals surface area contributed by atoms with Gasteiger partial charge in [0.25, 0.3) is 0 Å². The molecule has 2 N–H and O–H groups in total. The molecule has 1 nitrogen and oxygen atoms in total. The van der Waals surface area contributed by atoms with Gasteiger partial charge in [-0.2, -0.15) is 0 Å². The van der Waals surface area contributed by atoms with E-state index in [1.807, 2.05) is 0 Å². The molecule has 84 valence electrons. The Bertz CT molecular complexity index is 292. The van der Waals surface area contributed by atoms with Gasteiger partial charge in [0.15, 0.2) is 0 Å². The molecule has 1 atom stereocenters. The zero-order valence-electron chi connectivity index (χ0n) is 10.4. The lowest BCUT2D eigenvalue weighted by Crippen LogP contribution is -2.14. The summed E-state index contributed by atoms with van der Waals surface area (Å²) in [5.74, 6) is 0.575. The van der Waals surface area contributed by atoms with Gasteiger partial charge < -0.3 is 5.73 Å². The Balaban J connectivity index is 2.73. The first-order chi connectivity index (χ1) is 6.93. The number of nitrogens with two attached hydrogens (primary N) is 1. The van der Waals surface area contributed by atoms with E-state index in [-0.39, 0.29) is 5.41 Å². The van der Waals surface area contributed by atoms with Gasteiger partial charge in [0.05, 0.1) is 0 Å². The van der Waals surface area contributed by atoms with Gasteiger partial charge in [-0.25, -0.2) is 0 Å². The van der Waals surface area contributed by atoms with Crippen molar-refractivity contribution >= 4 is 0 Å². The van der Waals surface area contributed by atoms with E-state index in [9.17, 15) is 0 Å².